The molecule has 1 heterocycles. The Kier molecular flexibility index (Phi) is 6.42. The molecule has 0 aliphatic heterocycles. The molecule has 7 nitrogen and oxygen atoms in total. The van der Waals surface area contributed by atoms with Crippen molar-refractivity contribution >= 4 is 39.0 Å². The van der Waals surface area contributed by atoms with E-state index < -0.39 is 15.7 Å². The predicted octanol–water partition coefficient (Wildman–Crippen LogP) is 3.72. The maximum atomic E-state index is 13.2. The Morgan fingerprint density at radius 1 is 1.16 bits per heavy atom. The summed E-state index contributed by atoms with van der Waals surface area (Å²) in [5.74, 6) is -1.09. The molecule has 2 aromatic carbocycles. The number of hydrogen-bond acceptors (Lipinski definition) is 6. The van der Waals surface area contributed by atoms with Gasteiger partial charge in [0.2, 0.25) is 15.7 Å². The fraction of sp³-hybridized carbons (Fsp3) is 0.238. The molecule has 0 saturated heterocycles. The van der Waals surface area contributed by atoms with E-state index in [1.54, 1.807) is 6.26 Å². The number of nitrogen functional groups attached to an aromatic ring is 1. The Balaban J connectivity index is 1.93. The number of benzene rings is 2. The van der Waals surface area contributed by atoms with E-state index in [1.807, 2.05) is 32.9 Å². The van der Waals surface area contributed by atoms with Crippen LogP contribution in [0.25, 0.3) is 0 Å². The van der Waals surface area contributed by atoms with Crippen LogP contribution < -0.4 is 11.1 Å². The Bertz CT molecular complexity index is 1230. The highest BCUT2D eigenvalue weighted by Gasteiger charge is 2.29. The Hall–Kier alpha value is -2.85. The molecular formula is C21H23FN4O3S2. The summed E-state index contributed by atoms with van der Waals surface area (Å²) in [7, 11) is -4.05. The summed E-state index contributed by atoms with van der Waals surface area (Å²) < 4.78 is 40.6. The maximum Gasteiger partial charge on any atom is 0.246 e. The molecule has 31 heavy (non-hydrogen) atoms. The number of halogens is 1. The van der Waals surface area contributed by atoms with E-state index in [4.69, 9.17) is 5.73 Å². The molecule has 164 valence electrons. The summed E-state index contributed by atoms with van der Waals surface area (Å²) in [5, 5.41) is 7.23. The quantitative estimate of drug-likeness (QED) is 0.427. The summed E-state index contributed by atoms with van der Waals surface area (Å²) in [6.07, 6.45) is 1.66. The van der Waals surface area contributed by atoms with Crippen LogP contribution in [0.4, 0.5) is 15.9 Å². The van der Waals surface area contributed by atoms with E-state index in [2.05, 4.69) is 10.4 Å². The number of aromatic nitrogens is 2. The highest BCUT2D eigenvalue weighted by Crippen LogP contribution is 2.34. The van der Waals surface area contributed by atoms with Gasteiger partial charge < -0.3 is 11.1 Å². The van der Waals surface area contributed by atoms with Gasteiger partial charge in [-0.05, 0) is 62.4 Å². The fourth-order valence-corrected chi connectivity index (χ4v) is 5.80. The van der Waals surface area contributed by atoms with Crippen LogP contribution in [0.1, 0.15) is 16.7 Å². The van der Waals surface area contributed by atoms with Crippen molar-refractivity contribution in [3.63, 3.8) is 0 Å². The van der Waals surface area contributed by atoms with Gasteiger partial charge in [0.25, 0.3) is 0 Å². The van der Waals surface area contributed by atoms with Crippen molar-refractivity contribution in [2.75, 3.05) is 17.3 Å². The molecule has 1 aromatic heterocycles. The average Bonchev–Trinajstić information content (AvgIpc) is 3.01. The molecule has 0 spiro atoms. The lowest BCUT2D eigenvalue weighted by molar-refractivity contribution is -0.116. The van der Waals surface area contributed by atoms with Crippen molar-refractivity contribution in [3.8, 4) is 0 Å². The minimum absolute atomic E-state index is 0.106. The second kappa shape index (κ2) is 8.72. The molecule has 0 saturated carbocycles. The number of carbonyl (C=O) groups excluding carboxylic acids is 1. The molecule has 10 heteroatoms. The molecule has 3 aromatic rings. The van der Waals surface area contributed by atoms with E-state index in [-0.39, 0.29) is 33.1 Å². The van der Waals surface area contributed by atoms with Gasteiger partial charge in [-0.3, -0.25) is 4.79 Å². The minimum Gasteiger partial charge on any atom is -0.383 e. The molecule has 0 fully saturated rings. The third-order valence-corrected chi connectivity index (χ3v) is 7.37. The highest BCUT2D eigenvalue weighted by molar-refractivity contribution is 7.99. The molecule has 3 N–H and O–H groups in total. The standard InChI is InChI=1S/C21H23FN4O3S2/c1-12-9-13(2)18(14(3)10-12)24-17(27)11-26-20(23)19(21(25-26)30-4)31(28,29)16-7-5-15(22)6-8-16/h5-10H,11,23H2,1-4H3,(H,24,27). The maximum absolute atomic E-state index is 13.2. The van der Waals surface area contributed by atoms with Crippen LogP contribution in [0.3, 0.4) is 0 Å². The Morgan fingerprint density at radius 3 is 2.29 bits per heavy atom. The van der Waals surface area contributed by atoms with Gasteiger partial charge in [-0.15, -0.1) is 11.8 Å². The predicted molar refractivity (Wildman–Crippen MR) is 120 cm³/mol. The van der Waals surface area contributed by atoms with Crippen LogP contribution in [-0.4, -0.2) is 30.4 Å². The third-order valence-electron chi connectivity index (χ3n) is 4.74. The zero-order chi connectivity index (χ0) is 22.9. The van der Waals surface area contributed by atoms with Crippen molar-refractivity contribution < 1.29 is 17.6 Å². The van der Waals surface area contributed by atoms with Crippen LogP contribution in [0, 0.1) is 26.6 Å². The van der Waals surface area contributed by atoms with Crippen molar-refractivity contribution in [1.82, 2.24) is 9.78 Å². The number of nitrogens with one attached hydrogen (secondary N) is 1. The van der Waals surface area contributed by atoms with Gasteiger partial charge in [0.1, 0.15) is 28.1 Å². The zero-order valence-corrected chi connectivity index (χ0v) is 19.2. The number of amides is 1. The van der Waals surface area contributed by atoms with E-state index in [0.717, 1.165) is 45.3 Å². The number of carbonyl (C=O) groups is 1. The van der Waals surface area contributed by atoms with E-state index >= 15 is 0 Å². The van der Waals surface area contributed by atoms with Crippen LogP contribution in [0.2, 0.25) is 0 Å². The smallest absolute Gasteiger partial charge is 0.246 e. The number of rotatable bonds is 6. The molecule has 0 atom stereocenters. The van der Waals surface area contributed by atoms with Crippen LogP contribution in [-0.2, 0) is 21.2 Å². The van der Waals surface area contributed by atoms with Gasteiger partial charge >= 0.3 is 0 Å². The molecule has 1 amide bonds. The number of hydrogen-bond donors (Lipinski definition) is 2. The first kappa shape index (κ1) is 22.8. The van der Waals surface area contributed by atoms with E-state index in [1.165, 1.54) is 12.1 Å². The topological polar surface area (TPSA) is 107 Å². The number of thioether (sulfide) groups is 1. The van der Waals surface area contributed by atoms with Gasteiger partial charge in [-0.1, -0.05) is 17.7 Å². The summed E-state index contributed by atoms with van der Waals surface area (Å²) in [6.45, 7) is 5.52. The second-order valence-electron chi connectivity index (χ2n) is 7.16. The first-order valence-corrected chi connectivity index (χ1v) is 12.0. The van der Waals surface area contributed by atoms with Gasteiger partial charge in [-0.25, -0.2) is 17.5 Å². The largest absolute Gasteiger partial charge is 0.383 e. The molecule has 0 bridgehead atoms. The Labute approximate surface area is 184 Å². The number of aryl methyl sites for hydroxylation is 3. The lowest BCUT2D eigenvalue weighted by atomic mass is 10.1. The average molecular weight is 463 g/mol. The van der Waals surface area contributed by atoms with Crippen LogP contribution in [0.5, 0.6) is 0 Å². The molecule has 0 radical (unpaired) electrons. The van der Waals surface area contributed by atoms with Gasteiger partial charge in [0.05, 0.1) is 4.90 Å². The Morgan fingerprint density at radius 2 is 1.74 bits per heavy atom. The third kappa shape index (κ3) is 4.59. The van der Waals surface area contributed by atoms with E-state index in [0.29, 0.717) is 5.69 Å². The van der Waals surface area contributed by atoms with Crippen molar-refractivity contribution in [3.05, 3.63) is 58.9 Å². The lowest BCUT2D eigenvalue weighted by Crippen LogP contribution is -2.22. The summed E-state index contributed by atoms with van der Waals surface area (Å²) >= 11 is 1.10. The number of nitrogens with zero attached hydrogens (tertiary/aromatic N) is 2. The minimum atomic E-state index is -4.05. The van der Waals surface area contributed by atoms with Crippen LogP contribution >= 0.6 is 11.8 Å². The van der Waals surface area contributed by atoms with Crippen molar-refractivity contribution in [2.45, 2.75) is 42.1 Å². The SMILES string of the molecule is CSc1nn(CC(=O)Nc2c(C)cc(C)cc2C)c(N)c1S(=O)(=O)c1ccc(F)cc1. The summed E-state index contributed by atoms with van der Waals surface area (Å²) in [6, 6.07) is 8.38. The van der Waals surface area contributed by atoms with Gasteiger partial charge in [0, 0.05) is 5.69 Å². The molecule has 0 unspecified atom stereocenters. The number of nitrogens with two attached hydrogens (primary N) is 1. The first-order valence-electron chi connectivity index (χ1n) is 9.33. The first-order chi connectivity index (χ1) is 14.5. The number of sulfone groups is 1. The normalized spacial score (nSPS) is 11.5. The monoisotopic (exact) mass is 462 g/mol. The fourth-order valence-electron chi connectivity index (χ4n) is 3.37. The van der Waals surface area contributed by atoms with Gasteiger partial charge in [-0.2, -0.15) is 5.10 Å². The highest BCUT2D eigenvalue weighted by atomic mass is 32.2. The molecular weight excluding hydrogens is 439 g/mol. The van der Waals surface area contributed by atoms with E-state index in [9.17, 15) is 17.6 Å². The summed E-state index contributed by atoms with van der Waals surface area (Å²) in [4.78, 5) is 12.4. The van der Waals surface area contributed by atoms with Gasteiger partial charge in [0.15, 0.2) is 0 Å². The second-order valence-corrected chi connectivity index (χ2v) is 9.84. The number of anilines is 2. The summed E-state index contributed by atoms with van der Waals surface area (Å²) in [5.41, 5.74) is 9.74. The van der Waals surface area contributed by atoms with Crippen molar-refractivity contribution in [2.24, 2.45) is 0 Å². The molecule has 0 aliphatic rings. The molecule has 3 rings (SSSR count). The molecule has 0 aliphatic carbocycles. The zero-order valence-electron chi connectivity index (χ0n) is 17.6. The van der Waals surface area contributed by atoms with Crippen LogP contribution in [0.15, 0.2) is 51.2 Å². The lowest BCUT2D eigenvalue weighted by Gasteiger charge is -2.13. The van der Waals surface area contributed by atoms with Crippen molar-refractivity contribution in [1.29, 1.82) is 0 Å².